The molecule has 0 aromatic heterocycles. The fourth-order valence-electron chi connectivity index (χ4n) is 1.78. The van der Waals surface area contributed by atoms with Crippen LogP contribution in [0.3, 0.4) is 0 Å². The lowest BCUT2D eigenvalue weighted by atomic mass is 10.0. The summed E-state index contributed by atoms with van der Waals surface area (Å²) in [6, 6.07) is 0. The first-order valence-corrected chi connectivity index (χ1v) is 7.24. The zero-order chi connectivity index (χ0) is 12.6. The Labute approximate surface area is 107 Å². The maximum atomic E-state index is 8.62. The Morgan fingerprint density at radius 3 is 2.76 bits per heavy atom. The van der Waals surface area contributed by atoms with E-state index in [1.165, 1.54) is 0 Å². The van der Waals surface area contributed by atoms with Crippen molar-refractivity contribution in [1.82, 2.24) is 5.32 Å². The van der Waals surface area contributed by atoms with Crippen LogP contribution in [0, 0.1) is 5.41 Å². The number of hydrogen-bond donors (Lipinski definition) is 4. The number of amidine groups is 1. The number of nitrogens with one attached hydrogen (secondary N) is 1. The van der Waals surface area contributed by atoms with Crippen LogP contribution in [-0.4, -0.2) is 47.4 Å². The molecule has 0 spiro atoms. The number of nitrogens with two attached hydrogens (primary N) is 1. The number of aliphatic hydroxyl groups excluding tert-OH is 1. The third kappa shape index (κ3) is 6.14. The monoisotopic (exact) mass is 261 g/mol. The summed E-state index contributed by atoms with van der Waals surface area (Å²) >= 11 is 1.86. The lowest BCUT2D eigenvalue weighted by Gasteiger charge is -2.14. The van der Waals surface area contributed by atoms with Gasteiger partial charge in [-0.3, -0.25) is 0 Å². The summed E-state index contributed by atoms with van der Waals surface area (Å²) in [5, 5.41) is 23.6. The molecule has 0 radical (unpaired) electrons. The Hall–Kier alpha value is -0.460. The molecule has 0 aliphatic heterocycles. The molecule has 0 amide bonds. The molecule has 5 nitrogen and oxygen atoms in total. The van der Waals surface area contributed by atoms with Gasteiger partial charge in [0, 0.05) is 31.9 Å². The second-order valence-corrected chi connectivity index (χ2v) is 5.86. The van der Waals surface area contributed by atoms with Gasteiger partial charge in [0.25, 0.3) is 0 Å². The van der Waals surface area contributed by atoms with Crippen molar-refractivity contribution in [2.75, 3.05) is 31.2 Å². The average molecular weight is 261 g/mol. The number of oxime groups is 1. The van der Waals surface area contributed by atoms with Gasteiger partial charge >= 0.3 is 0 Å². The summed E-state index contributed by atoms with van der Waals surface area (Å²) in [6.07, 6.45) is 3.88. The average Bonchev–Trinajstić information content (AvgIpc) is 3.08. The van der Waals surface area contributed by atoms with Gasteiger partial charge in [-0.15, -0.1) is 0 Å². The first-order valence-electron chi connectivity index (χ1n) is 6.08. The molecular formula is C11H23N3O2S. The van der Waals surface area contributed by atoms with Crippen LogP contribution in [0.5, 0.6) is 0 Å². The minimum Gasteiger partial charge on any atom is -0.409 e. The second-order valence-electron chi connectivity index (χ2n) is 4.63. The highest BCUT2D eigenvalue weighted by atomic mass is 32.2. The molecule has 0 unspecified atom stereocenters. The van der Waals surface area contributed by atoms with Crippen molar-refractivity contribution in [3.63, 3.8) is 0 Å². The maximum Gasteiger partial charge on any atom is 0.139 e. The molecule has 1 fully saturated rings. The molecular weight excluding hydrogens is 238 g/mol. The molecule has 5 N–H and O–H groups in total. The third-order valence-electron chi connectivity index (χ3n) is 3.01. The van der Waals surface area contributed by atoms with Crippen LogP contribution in [-0.2, 0) is 0 Å². The molecule has 0 saturated heterocycles. The van der Waals surface area contributed by atoms with Gasteiger partial charge in [0.1, 0.15) is 5.84 Å². The van der Waals surface area contributed by atoms with E-state index >= 15 is 0 Å². The summed E-state index contributed by atoms with van der Waals surface area (Å²) in [5.41, 5.74) is 5.77. The van der Waals surface area contributed by atoms with E-state index in [4.69, 9.17) is 16.0 Å². The standard InChI is InChI=1S/C11H23N3O2S/c12-10(14-16)8-11(2-3-11)9-13-4-7-17-6-1-5-15/h13,15-16H,1-9H2,(H2,12,14). The van der Waals surface area contributed by atoms with E-state index in [9.17, 15) is 0 Å². The van der Waals surface area contributed by atoms with Crippen LogP contribution in [0.4, 0.5) is 0 Å². The fraction of sp³-hybridized carbons (Fsp3) is 0.909. The van der Waals surface area contributed by atoms with Crippen molar-refractivity contribution in [1.29, 1.82) is 0 Å². The molecule has 0 atom stereocenters. The number of aliphatic hydroxyl groups is 1. The second kappa shape index (κ2) is 7.79. The van der Waals surface area contributed by atoms with Crippen molar-refractivity contribution in [3.05, 3.63) is 0 Å². The molecule has 6 heteroatoms. The van der Waals surface area contributed by atoms with Gasteiger partial charge in [-0.05, 0) is 30.4 Å². The van der Waals surface area contributed by atoms with Gasteiger partial charge in [0.05, 0.1) is 0 Å². The van der Waals surface area contributed by atoms with Gasteiger partial charge in [0.2, 0.25) is 0 Å². The molecule has 1 saturated carbocycles. The maximum absolute atomic E-state index is 8.62. The van der Waals surface area contributed by atoms with Crippen LogP contribution in [0.15, 0.2) is 5.16 Å². The number of rotatable bonds is 10. The van der Waals surface area contributed by atoms with Crippen LogP contribution in [0.2, 0.25) is 0 Å². The zero-order valence-corrected chi connectivity index (χ0v) is 11.0. The summed E-state index contributed by atoms with van der Waals surface area (Å²) < 4.78 is 0. The van der Waals surface area contributed by atoms with E-state index in [1.807, 2.05) is 11.8 Å². The Morgan fingerprint density at radius 1 is 1.41 bits per heavy atom. The van der Waals surface area contributed by atoms with Gasteiger partial charge in [-0.1, -0.05) is 5.16 Å². The van der Waals surface area contributed by atoms with Crippen molar-refractivity contribution >= 4 is 17.6 Å². The van der Waals surface area contributed by atoms with E-state index in [1.54, 1.807) is 0 Å². The predicted molar refractivity (Wildman–Crippen MR) is 71.6 cm³/mol. The highest BCUT2D eigenvalue weighted by Crippen LogP contribution is 2.48. The molecule has 0 bridgehead atoms. The topological polar surface area (TPSA) is 90.9 Å². The molecule has 0 heterocycles. The highest BCUT2D eigenvalue weighted by molar-refractivity contribution is 7.99. The highest BCUT2D eigenvalue weighted by Gasteiger charge is 2.42. The SMILES string of the molecule is NC(CC1(CNCCSCCCO)CC1)=NO. The lowest BCUT2D eigenvalue weighted by molar-refractivity contribution is 0.296. The summed E-state index contributed by atoms with van der Waals surface area (Å²) in [6.45, 7) is 2.21. The number of hydrogen-bond acceptors (Lipinski definition) is 5. The number of nitrogens with zero attached hydrogens (tertiary/aromatic N) is 1. The van der Waals surface area contributed by atoms with Crippen molar-refractivity contribution in [2.45, 2.75) is 25.7 Å². The normalized spacial score (nSPS) is 18.3. The van der Waals surface area contributed by atoms with E-state index in [0.29, 0.717) is 12.3 Å². The first-order chi connectivity index (χ1) is 8.22. The summed E-state index contributed by atoms with van der Waals surface area (Å²) in [7, 11) is 0. The van der Waals surface area contributed by atoms with Crippen molar-refractivity contribution in [3.8, 4) is 0 Å². The largest absolute Gasteiger partial charge is 0.409 e. The molecule has 1 rings (SSSR count). The molecule has 100 valence electrons. The van der Waals surface area contributed by atoms with E-state index in [0.717, 1.165) is 43.9 Å². The molecule has 1 aliphatic rings. The molecule has 1 aliphatic carbocycles. The van der Waals surface area contributed by atoms with Crippen LogP contribution >= 0.6 is 11.8 Å². The van der Waals surface area contributed by atoms with Gasteiger partial charge in [-0.25, -0.2) is 0 Å². The van der Waals surface area contributed by atoms with E-state index < -0.39 is 0 Å². The van der Waals surface area contributed by atoms with Gasteiger partial charge in [-0.2, -0.15) is 11.8 Å². The molecule has 0 aromatic carbocycles. The summed E-state index contributed by atoms with van der Waals surface area (Å²) in [4.78, 5) is 0. The molecule has 0 aromatic rings. The Balaban J connectivity index is 1.99. The van der Waals surface area contributed by atoms with Crippen LogP contribution in [0.1, 0.15) is 25.7 Å². The minimum absolute atomic E-state index is 0.242. The van der Waals surface area contributed by atoms with Crippen molar-refractivity contribution in [2.24, 2.45) is 16.3 Å². The fourth-order valence-corrected chi connectivity index (χ4v) is 2.60. The first kappa shape index (κ1) is 14.6. The third-order valence-corrected chi connectivity index (χ3v) is 4.08. The quantitative estimate of drug-likeness (QED) is 0.152. The molecule has 17 heavy (non-hydrogen) atoms. The van der Waals surface area contributed by atoms with E-state index in [2.05, 4.69) is 10.5 Å². The van der Waals surface area contributed by atoms with Gasteiger partial charge in [0.15, 0.2) is 0 Å². The van der Waals surface area contributed by atoms with Crippen molar-refractivity contribution < 1.29 is 10.3 Å². The lowest BCUT2D eigenvalue weighted by Crippen LogP contribution is -2.29. The zero-order valence-electron chi connectivity index (χ0n) is 10.2. The Bertz CT molecular complexity index is 245. The van der Waals surface area contributed by atoms with Crippen LogP contribution in [0.25, 0.3) is 0 Å². The Morgan fingerprint density at radius 2 is 2.18 bits per heavy atom. The van der Waals surface area contributed by atoms with E-state index in [-0.39, 0.29) is 12.0 Å². The number of thioether (sulfide) groups is 1. The predicted octanol–water partition coefficient (Wildman–Crippen LogP) is 0.608. The minimum atomic E-state index is 0.242. The smallest absolute Gasteiger partial charge is 0.139 e. The van der Waals surface area contributed by atoms with Crippen LogP contribution < -0.4 is 11.1 Å². The van der Waals surface area contributed by atoms with Gasteiger partial charge < -0.3 is 21.4 Å². The Kier molecular flexibility index (Phi) is 6.69. The summed E-state index contributed by atoms with van der Waals surface area (Å²) in [5.74, 6) is 2.43.